The fourth-order valence-corrected chi connectivity index (χ4v) is 2.09. The highest BCUT2D eigenvalue weighted by molar-refractivity contribution is 5.78. The Bertz CT molecular complexity index is 225. The molecule has 0 aromatic rings. The first-order chi connectivity index (χ1) is 8.09. The summed E-state index contributed by atoms with van der Waals surface area (Å²) in [6.45, 7) is 4.72. The summed E-state index contributed by atoms with van der Waals surface area (Å²) >= 11 is 0. The number of aliphatic hydroxyl groups is 1. The van der Waals surface area contributed by atoms with Crippen LogP contribution in [0.2, 0.25) is 0 Å². The zero-order valence-electron chi connectivity index (χ0n) is 11.0. The van der Waals surface area contributed by atoms with Crippen molar-refractivity contribution < 1.29 is 9.90 Å². The van der Waals surface area contributed by atoms with Crippen LogP contribution in [0.4, 0.5) is 0 Å². The fraction of sp³-hybridized carbons (Fsp3) is 0.923. The van der Waals surface area contributed by atoms with Crippen molar-refractivity contribution in [1.29, 1.82) is 0 Å². The van der Waals surface area contributed by atoms with E-state index in [1.807, 2.05) is 13.8 Å². The Balaban J connectivity index is 2.08. The van der Waals surface area contributed by atoms with Crippen molar-refractivity contribution in [1.82, 2.24) is 10.6 Å². The monoisotopic (exact) mass is 242 g/mol. The van der Waals surface area contributed by atoms with Crippen LogP contribution in [0.5, 0.6) is 0 Å². The molecule has 0 aromatic heterocycles. The molecule has 1 atom stereocenters. The van der Waals surface area contributed by atoms with E-state index in [2.05, 4.69) is 10.6 Å². The lowest BCUT2D eigenvalue weighted by Crippen LogP contribution is -2.43. The third-order valence-electron chi connectivity index (χ3n) is 3.38. The molecular formula is C13H26N2O2. The molecule has 0 heterocycles. The predicted octanol–water partition coefficient (Wildman–Crippen LogP) is 1.04. The van der Waals surface area contributed by atoms with Crippen molar-refractivity contribution in [3.63, 3.8) is 0 Å². The minimum Gasteiger partial charge on any atom is -0.392 e. The average molecular weight is 242 g/mol. The Labute approximate surface area is 104 Å². The molecule has 1 saturated carbocycles. The molecule has 0 radical (unpaired) electrons. The lowest BCUT2D eigenvalue weighted by Gasteiger charge is -2.23. The molecule has 1 fully saturated rings. The molecule has 1 amide bonds. The molecule has 1 unspecified atom stereocenters. The molecule has 0 spiro atoms. The van der Waals surface area contributed by atoms with Crippen LogP contribution in [0.15, 0.2) is 0 Å². The highest BCUT2D eigenvalue weighted by atomic mass is 16.3. The first-order valence-electron chi connectivity index (χ1n) is 6.77. The van der Waals surface area contributed by atoms with Gasteiger partial charge in [0.2, 0.25) is 5.91 Å². The van der Waals surface area contributed by atoms with Gasteiger partial charge in [-0.3, -0.25) is 4.79 Å². The van der Waals surface area contributed by atoms with Gasteiger partial charge in [0.05, 0.1) is 12.6 Å². The van der Waals surface area contributed by atoms with Gasteiger partial charge in [0, 0.05) is 12.6 Å². The highest BCUT2D eigenvalue weighted by Crippen LogP contribution is 2.17. The summed E-state index contributed by atoms with van der Waals surface area (Å²) in [7, 11) is 0. The highest BCUT2D eigenvalue weighted by Gasteiger charge is 2.15. The molecule has 100 valence electrons. The largest absolute Gasteiger partial charge is 0.392 e. The van der Waals surface area contributed by atoms with E-state index < -0.39 is 0 Å². The standard InChI is InChI=1S/C13H26N2O2/c1-10(2)12(16)8-14-9-13(17)15-11-6-4-3-5-7-11/h10-12,14,16H,3-9H2,1-2H3,(H,15,17). The van der Waals surface area contributed by atoms with E-state index in [9.17, 15) is 9.90 Å². The van der Waals surface area contributed by atoms with Crippen molar-refractivity contribution in [3.05, 3.63) is 0 Å². The molecule has 0 aromatic carbocycles. The third-order valence-corrected chi connectivity index (χ3v) is 3.38. The SMILES string of the molecule is CC(C)C(O)CNCC(=O)NC1CCCCC1. The number of nitrogens with one attached hydrogen (secondary N) is 2. The van der Waals surface area contributed by atoms with Gasteiger partial charge in [0.25, 0.3) is 0 Å². The molecule has 4 heteroatoms. The number of aliphatic hydroxyl groups excluding tert-OH is 1. The first kappa shape index (κ1) is 14.5. The maximum atomic E-state index is 11.6. The first-order valence-corrected chi connectivity index (χ1v) is 6.77. The molecule has 4 nitrogen and oxygen atoms in total. The average Bonchev–Trinajstić information content (AvgIpc) is 2.30. The summed E-state index contributed by atoms with van der Waals surface area (Å²) in [4.78, 5) is 11.6. The number of hydrogen-bond acceptors (Lipinski definition) is 3. The zero-order chi connectivity index (χ0) is 12.7. The summed E-state index contributed by atoms with van der Waals surface area (Å²) in [5.74, 6) is 0.275. The number of rotatable bonds is 6. The minimum absolute atomic E-state index is 0.0489. The molecule has 3 N–H and O–H groups in total. The Kier molecular flexibility index (Phi) is 6.52. The molecule has 1 rings (SSSR count). The molecule has 0 saturated heterocycles. The van der Waals surface area contributed by atoms with Crippen LogP contribution in [0.1, 0.15) is 46.0 Å². The van der Waals surface area contributed by atoms with Crippen LogP contribution in [-0.4, -0.2) is 36.2 Å². The molecule has 0 aliphatic heterocycles. The molecule has 17 heavy (non-hydrogen) atoms. The predicted molar refractivity (Wildman–Crippen MR) is 68.7 cm³/mol. The van der Waals surface area contributed by atoms with E-state index in [-0.39, 0.29) is 17.9 Å². The van der Waals surface area contributed by atoms with Crippen LogP contribution in [0, 0.1) is 5.92 Å². The second kappa shape index (κ2) is 7.67. The van der Waals surface area contributed by atoms with E-state index in [0.717, 1.165) is 12.8 Å². The molecule has 0 bridgehead atoms. The van der Waals surface area contributed by atoms with Gasteiger partial charge in [-0.25, -0.2) is 0 Å². The Morgan fingerprint density at radius 1 is 1.29 bits per heavy atom. The maximum absolute atomic E-state index is 11.6. The Hall–Kier alpha value is -0.610. The number of amides is 1. The van der Waals surface area contributed by atoms with Crippen molar-refractivity contribution in [2.45, 2.75) is 58.1 Å². The van der Waals surface area contributed by atoms with Crippen LogP contribution in [0.3, 0.4) is 0 Å². The smallest absolute Gasteiger partial charge is 0.234 e. The molecular weight excluding hydrogens is 216 g/mol. The van der Waals surface area contributed by atoms with E-state index in [1.165, 1.54) is 19.3 Å². The van der Waals surface area contributed by atoms with E-state index in [4.69, 9.17) is 0 Å². The number of carbonyl (C=O) groups is 1. The van der Waals surface area contributed by atoms with Crippen molar-refractivity contribution >= 4 is 5.91 Å². The Morgan fingerprint density at radius 3 is 2.53 bits per heavy atom. The van der Waals surface area contributed by atoms with E-state index >= 15 is 0 Å². The summed E-state index contributed by atoms with van der Waals surface area (Å²) in [5.41, 5.74) is 0. The van der Waals surface area contributed by atoms with Crippen molar-refractivity contribution in [2.24, 2.45) is 5.92 Å². The van der Waals surface area contributed by atoms with Gasteiger partial charge in [0.1, 0.15) is 0 Å². The second-order valence-electron chi connectivity index (χ2n) is 5.34. The van der Waals surface area contributed by atoms with Crippen molar-refractivity contribution in [2.75, 3.05) is 13.1 Å². The van der Waals surface area contributed by atoms with Crippen LogP contribution < -0.4 is 10.6 Å². The van der Waals surface area contributed by atoms with Crippen LogP contribution in [-0.2, 0) is 4.79 Å². The molecule has 1 aliphatic carbocycles. The summed E-state index contributed by atoms with van der Waals surface area (Å²) in [6, 6.07) is 0.369. The lowest BCUT2D eigenvalue weighted by molar-refractivity contribution is -0.121. The maximum Gasteiger partial charge on any atom is 0.234 e. The van der Waals surface area contributed by atoms with Gasteiger partial charge in [-0.2, -0.15) is 0 Å². The molecule has 1 aliphatic rings. The topological polar surface area (TPSA) is 61.4 Å². The third kappa shape index (κ3) is 6.03. The quantitative estimate of drug-likeness (QED) is 0.652. The number of hydrogen-bond donors (Lipinski definition) is 3. The Morgan fingerprint density at radius 2 is 1.94 bits per heavy atom. The van der Waals surface area contributed by atoms with Gasteiger partial charge in [-0.1, -0.05) is 33.1 Å². The van der Waals surface area contributed by atoms with Crippen molar-refractivity contribution in [3.8, 4) is 0 Å². The second-order valence-corrected chi connectivity index (χ2v) is 5.34. The van der Waals surface area contributed by atoms with Gasteiger partial charge in [-0.05, 0) is 18.8 Å². The van der Waals surface area contributed by atoms with Crippen LogP contribution in [0.25, 0.3) is 0 Å². The normalized spacial score (nSPS) is 19.3. The number of carbonyl (C=O) groups excluding carboxylic acids is 1. The lowest BCUT2D eigenvalue weighted by atomic mass is 9.95. The minimum atomic E-state index is -0.377. The van der Waals surface area contributed by atoms with Gasteiger partial charge < -0.3 is 15.7 Å². The van der Waals surface area contributed by atoms with Gasteiger partial charge in [-0.15, -0.1) is 0 Å². The van der Waals surface area contributed by atoms with E-state index in [1.54, 1.807) is 0 Å². The van der Waals surface area contributed by atoms with Gasteiger partial charge >= 0.3 is 0 Å². The summed E-state index contributed by atoms with van der Waals surface area (Å²) < 4.78 is 0. The van der Waals surface area contributed by atoms with Gasteiger partial charge in [0.15, 0.2) is 0 Å². The summed E-state index contributed by atoms with van der Waals surface area (Å²) in [6.07, 6.45) is 5.60. The van der Waals surface area contributed by atoms with Crippen LogP contribution >= 0.6 is 0 Å². The fourth-order valence-electron chi connectivity index (χ4n) is 2.09. The summed E-state index contributed by atoms with van der Waals surface area (Å²) in [5, 5.41) is 15.6. The zero-order valence-corrected chi connectivity index (χ0v) is 11.0. The van der Waals surface area contributed by atoms with E-state index in [0.29, 0.717) is 19.1 Å².